The molecule has 0 saturated heterocycles. The molecule has 3 heterocycles. The Morgan fingerprint density at radius 3 is 2.59 bits per heavy atom. The van der Waals surface area contributed by atoms with Gasteiger partial charge in [0.25, 0.3) is 5.56 Å². The molecule has 0 fully saturated rings. The summed E-state index contributed by atoms with van der Waals surface area (Å²) in [5.74, 6) is -1.11. The largest absolute Gasteiger partial charge is 0.478 e. The predicted molar refractivity (Wildman–Crippen MR) is 101 cm³/mol. The first-order valence-corrected chi connectivity index (χ1v) is 10.1. The lowest BCUT2D eigenvalue weighted by atomic mass is 10.2. The molecule has 4 aromatic rings. The number of nitrogens with one attached hydrogen (secondary N) is 1. The molecule has 29 heavy (non-hydrogen) atoms. The first-order valence-electron chi connectivity index (χ1n) is 8.25. The van der Waals surface area contributed by atoms with Crippen molar-refractivity contribution < 1.29 is 18.3 Å². The number of hydrogen-bond acceptors (Lipinski definition) is 7. The van der Waals surface area contributed by atoms with Gasteiger partial charge in [-0.15, -0.1) is 0 Å². The van der Waals surface area contributed by atoms with Crippen LogP contribution in [0.1, 0.15) is 15.9 Å². The van der Waals surface area contributed by atoms with Gasteiger partial charge in [0, 0.05) is 19.0 Å². The molecule has 1 aromatic carbocycles. The van der Waals surface area contributed by atoms with Crippen LogP contribution in [0.25, 0.3) is 17.1 Å². The Morgan fingerprint density at radius 1 is 1.24 bits per heavy atom. The van der Waals surface area contributed by atoms with Crippen LogP contribution in [0.15, 0.2) is 52.7 Å². The average Bonchev–Trinajstić information content (AvgIpc) is 3.29. The summed E-state index contributed by atoms with van der Waals surface area (Å²) in [6, 6.07) is 6.33. The minimum absolute atomic E-state index is 0.0396. The highest BCUT2D eigenvalue weighted by molar-refractivity contribution is 7.90. The highest BCUT2D eigenvalue weighted by Crippen LogP contribution is 2.14. The lowest BCUT2D eigenvalue weighted by Crippen LogP contribution is -2.16. The van der Waals surface area contributed by atoms with Crippen LogP contribution in [0.5, 0.6) is 0 Å². The van der Waals surface area contributed by atoms with Gasteiger partial charge in [-0.05, 0) is 17.7 Å². The summed E-state index contributed by atoms with van der Waals surface area (Å²) in [5, 5.41) is 12.9. The highest BCUT2D eigenvalue weighted by Gasteiger charge is 2.14. The smallest absolute Gasteiger partial charge is 0.338 e. The van der Waals surface area contributed by atoms with Gasteiger partial charge in [0.1, 0.15) is 0 Å². The lowest BCUT2D eigenvalue weighted by molar-refractivity contribution is 0.0697. The molecule has 4 rings (SSSR count). The zero-order chi connectivity index (χ0) is 20.8. The number of carboxylic acid groups (broad SMARTS) is 1. The number of aromatic amines is 1. The van der Waals surface area contributed by atoms with E-state index in [1.807, 2.05) is 0 Å². The minimum Gasteiger partial charge on any atom is -0.478 e. The third kappa shape index (κ3) is 3.52. The van der Waals surface area contributed by atoms with Crippen molar-refractivity contribution in [2.75, 3.05) is 6.26 Å². The maximum atomic E-state index is 12.6. The van der Waals surface area contributed by atoms with Gasteiger partial charge in [0.05, 0.1) is 23.0 Å². The van der Waals surface area contributed by atoms with Gasteiger partial charge in [0.15, 0.2) is 21.0 Å². The second kappa shape index (κ2) is 6.67. The number of imidazole rings is 1. The predicted octanol–water partition coefficient (Wildman–Crippen LogP) is 0.455. The van der Waals surface area contributed by atoms with Crippen molar-refractivity contribution >= 4 is 27.0 Å². The van der Waals surface area contributed by atoms with Crippen molar-refractivity contribution in [2.45, 2.75) is 11.4 Å². The molecule has 12 heteroatoms. The van der Waals surface area contributed by atoms with Gasteiger partial charge in [-0.25, -0.2) is 22.9 Å². The van der Waals surface area contributed by atoms with Crippen LogP contribution < -0.4 is 5.56 Å². The van der Waals surface area contributed by atoms with Gasteiger partial charge in [-0.1, -0.05) is 12.1 Å². The number of H-pyrrole nitrogens is 1. The van der Waals surface area contributed by atoms with E-state index in [1.165, 1.54) is 24.7 Å². The van der Waals surface area contributed by atoms with Gasteiger partial charge in [-0.3, -0.25) is 9.78 Å². The third-order valence-corrected chi connectivity index (χ3v) is 5.35. The fourth-order valence-corrected chi connectivity index (χ4v) is 3.42. The Hall–Kier alpha value is -3.80. The monoisotopic (exact) mass is 414 g/mol. The van der Waals surface area contributed by atoms with E-state index in [2.05, 4.69) is 20.1 Å². The molecular weight excluding hydrogens is 400 g/mol. The molecule has 0 unspecified atom stereocenters. The average molecular weight is 414 g/mol. The molecule has 0 bridgehead atoms. The van der Waals surface area contributed by atoms with E-state index in [9.17, 15) is 18.0 Å². The van der Waals surface area contributed by atoms with Crippen molar-refractivity contribution in [1.29, 1.82) is 0 Å². The summed E-state index contributed by atoms with van der Waals surface area (Å²) in [7, 11) is -3.29. The fraction of sp³-hybridized carbons (Fsp3) is 0.118. The summed E-state index contributed by atoms with van der Waals surface area (Å²) in [5.41, 5.74) is 0.659. The molecule has 0 radical (unpaired) electrons. The zero-order valence-electron chi connectivity index (χ0n) is 15.0. The summed E-state index contributed by atoms with van der Waals surface area (Å²) >= 11 is 0. The Bertz CT molecular complexity index is 1400. The zero-order valence-corrected chi connectivity index (χ0v) is 15.8. The molecule has 0 spiro atoms. The summed E-state index contributed by atoms with van der Waals surface area (Å²) in [6.45, 7) is 0.287. The standard InChI is InChI=1S/C17H14N6O5S/c1-29(27,28)12-4-2-10(3-5-12)7-22-9-18-14-13(22)15(24)21-17(20-14)23-8-11(6-19-23)16(25)26/h2-6,8-9H,7H2,1H3,(H,25,26)(H,20,21,24). The second-order valence-electron chi connectivity index (χ2n) is 6.33. The van der Waals surface area contributed by atoms with Crippen LogP contribution in [-0.2, 0) is 16.4 Å². The van der Waals surface area contributed by atoms with Crippen LogP contribution in [0.4, 0.5) is 0 Å². The number of hydrogen-bond donors (Lipinski definition) is 2. The maximum absolute atomic E-state index is 12.6. The highest BCUT2D eigenvalue weighted by atomic mass is 32.2. The van der Waals surface area contributed by atoms with Crippen molar-refractivity contribution in [3.63, 3.8) is 0 Å². The second-order valence-corrected chi connectivity index (χ2v) is 8.34. The summed E-state index contributed by atoms with van der Waals surface area (Å²) in [4.78, 5) is 34.7. The molecule has 0 atom stereocenters. The summed E-state index contributed by atoms with van der Waals surface area (Å²) < 4.78 is 25.9. The van der Waals surface area contributed by atoms with Crippen LogP contribution in [0.3, 0.4) is 0 Å². The number of nitrogens with zero attached hydrogens (tertiary/aromatic N) is 5. The molecule has 148 valence electrons. The first-order chi connectivity index (χ1) is 13.7. The number of rotatable bonds is 5. The van der Waals surface area contributed by atoms with Gasteiger partial charge >= 0.3 is 5.97 Å². The normalized spacial score (nSPS) is 11.8. The molecule has 0 saturated carbocycles. The molecule has 11 nitrogen and oxygen atoms in total. The van der Waals surface area contributed by atoms with E-state index in [-0.39, 0.29) is 34.1 Å². The third-order valence-electron chi connectivity index (χ3n) is 4.22. The Kier molecular flexibility index (Phi) is 4.27. The number of benzene rings is 1. The first kappa shape index (κ1) is 18.6. The summed E-state index contributed by atoms with van der Waals surface area (Å²) in [6.07, 6.45) is 4.96. The van der Waals surface area contributed by atoms with E-state index in [0.717, 1.165) is 22.7 Å². The number of aromatic nitrogens is 6. The van der Waals surface area contributed by atoms with Crippen molar-refractivity contribution in [1.82, 2.24) is 29.3 Å². The number of carboxylic acids is 1. The van der Waals surface area contributed by atoms with Crippen LogP contribution in [0.2, 0.25) is 0 Å². The molecule has 2 N–H and O–H groups in total. The molecule has 0 aliphatic heterocycles. The lowest BCUT2D eigenvalue weighted by Gasteiger charge is -2.06. The van der Waals surface area contributed by atoms with Gasteiger partial charge < -0.3 is 9.67 Å². The van der Waals surface area contributed by atoms with E-state index >= 15 is 0 Å². The number of fused-ring (bicyclic) bond motifs is 1. The SMILES string of the molecule is CS(=O)(=O)c1ccc(Cn2cnc3nc(-n4cc(C(=O)O)cn4)[nH]c(=O)c32)cc1. The molecule has 0 aliphatic carbocycles. The van der Waals surface area contributed by atoms with Crippen molar-refractivity contribution in [3.05, 3.63) is 64.5 Å². The van der Waals surface area contributed by atoms with Gasteiger partial charge in [-0.2, -0.15) is 10.1 Å². The molecule has 0 amide bonds. The minimum atomic E-state index is -3.29. The Balaban J connectivity index is 1.68. The van der Waals surface area contributed by atoms with E-state index in [0.29, 0.717) is 0 Å². The quantitative estimate of drug-likeness (QED) is 0.477. The molecule has 3 aromatic heterocycles. The topological polar surface area (TPSA) is 153 Å². The van der Waals surface area contributed by atoms with E-state index < -0.39 is 21.4 Å². The van der Waals surface area contributed by atoms with Crippen LogP contribution in [-0.4, -0.2) is 55.0 Å². The Labute approximate surface area is 163 Å². The maximum Gasteiger partial charge on any atom is 0.338 e. The number of aromatic carboxylic acids is 1. The Morgan fingerprint density at radius 2 is 1.97 bits per heavy atom. The van der Waals surface area contributed by atoms with E-state index in [4.69, 9.17) is 5.11 Å². The van der Waals surface area contributed by atoms with Crippen molar-refractivity contribution in [2.24, 2.45) is 0 Å². The number of carbonyl (C=O) groups is 1. The fourth-order valence-electron chi connectivity index (χ4n) is 2.79. The molecule has 0 aliphatic rings. The van der Waals surface area contributed by atoms with E-state index in [1.54, 1.807) is 16.7 Å². The van der Waals surface area contributed by atoms with Crippen molar-refractivity contribution in [3.8, 4) is 5.95 Å². The van der Waals surface area contributed by atoms with Crippen LogP contribution >= 0.6 is 0 Å². The number of sulfone groups is 1. The van der Waals surface area contributed by atoms with Gasteiger partial charge in [0.2, 0.25) is 5.95 Å². The molecular formula is C17H14N6O5S. The van der Waals surface area contributed by atoms with Crippen LogP contribution in [0, 0.1) is 0 Å².